The number of esters is 1. The minimum Gasteiger partial charge on any atom is -0.469 e. The molecular formula is C17H19NO2. The summed E-state index contributed by atoms with van der Waals surface area (Å²) in [5, 5.41) is 1.14. The van der Waals surface area contributed by atoms with Crippen LogP contribution in [0.5, 0.6) is 0 Å². The Morgan fingerprint density at radius 1 is 1.35 bits per heavy atom. The van der Waals surface area contributed by atoms with Crippen LogP contribution >= 0.6 is 0 Å². The zero-order chi connectivity index (χ0) is 14.2. The van der Waals surface area contributed by atoms with E-state index in [9.17, 15) is 4.79 Å². The van der Waals surface area contributed by atoms with Gasteiger partial charge in [-0.3, -0.25) is 9.78 Å². The third kappa shape index (κ3) is 2.17. The van der Waals surface area contributed by atoms with Crippen LogP contribution in [0.15, 0.2) is 30.5 Å². The number of fused-ring (bicyclic) bond motifs is 1. The fraction of sp³-hybridized carbons (Fsp3) is 0.412. The van der Waals surface area contributed by atoms with E-state index in [-0.39, 0.29) is 11.4 Å². The van der Waals surface area contributed by atoms with Gasteiger partial charge in [0.1, 0.15) is 0 Å². The molecule has 1 aromatic heterocycles. The second-order valence-electron chi connectivity index (χ2n) is 5.84. The predicted octanol–water partition coefficient (Wildman–Crippen LogP) is 3.43. The van der Waals surface area contributed by atoms with Crippen LogP contribution in [0.2, 0.25) is 0 Å². The van der Waals surface area contributed by atoms with Gasteiger partial charge in [0.05, 0.1) is 18.0 Å². The summed E-state index contributed by atoms with van der Waals surface area (Å²) in [7, 11) is 1.48. The van der Waals surface area contributed by atoms with Crippen molar-refractivity contribution in [3.05, 3.63) is 41.6 Å². The molecule has 0 bridgehead atoms. The molecule has 2 aromatic rings. The lowest BCUT2D eigenvalue weighted by atomic mass is 9.65. The van der Waals surface area contributed by atoms with Gasteiger partial charge in [0.2, 0.25) is 0 Å². The molecule has 1 aliphatic rings. The standard InChI is InChI=1S/C17H19NO2/c1-12-8-14-9-13(4-5-15(14)18-11-12)10-17(6-3-7-17)16(19)20-2/h4-5,8-9,11H,3,6-7,10H2,1-2H3. The van der Waals surface area contributed by atoms with Crippen molar-refractivity contribution in [2.75, 3.05) is 7.11 Å². The largest absolute Gasteiger partial charge is 0.469 e. The van der Waals surface area contributed by atoms with E-state index in [1.54, 1.807) is 0 Å². The number of nitrogens with zero attached hydrogens (tertiary/aromatic N) is 1. The van der Waals surface area contributed by atoms with Crippen LogP contribution in [0.1, 0.15) is 30.4 Å². The lowest BCUT2D eigenvalue weighted by Crippen LogP contribution is -2.40. The van der Waals surface area contributed by atoms with E-state index in [4.69, 9.17) is 4.74 Å². The summed E-state index contributed by atoms with van der Waals surface area (Å²) in [6.45, 7) is 2.04. The molecule has 3 heteroatoms. The van der Waals surface area contributed by atoms with Gasteiger partial charge in [-0.2, -0.15) is 0 Å². The normalized spacial score (nSPS) is 16.7. The van der Waals surface area contributed by atoms with Crippen LogP contribution in [0.3, 0.4) is 0 Å². The third-order valence-electron chi connectivity index (χ3n) is 4.35. The lowest BCUT2D eigenvalue weighted by molar-refractivity contribution is -0.158. The molecule has 104 valence electrons. The SMILES string of the molecule is COC(=O)C1(Cc2ccc3ncc(C)cc3c2)CCC1. The van der Waals surface area contributed by atoms with Gasteiger partial charge >= 0.3 is 5.97 Å². The molecule has 1 aromatic carbocycles. The number of rotatable bonds is 3. The summed E-state index contributed by atoms with van der Waals surface area (Å²) >= 11 is 0. The number of carbonyl (C=O) groups is 1. The molecule has 0 spiro atoms. The minimum atomic E-state index is -0.292. The first-order chi connectivity index (χ1) is 9.63. The molecule has 0 amide bonds. The first-order valence-electron chi connectivity index (χ1n) is 7.07. The number of benzene rings is 1. The monoisotopic (exact) mass is 269 g/mol. The average molecular weight is 269 g/mol. The van der Waals surface area contributed by atoms with Gasteiger partial charge in [0.25, 0.3) is 0 Å². The highest BCUT2D eigenvalue weighted by Gasteiger charge is 2.45. The molecule has 0 radical (unpaired) electrons. The van der Waals surface area contributed by atoms with Crippen LogP contribution in [0, 0.1) is 12.3 Å². The highest BCUT2D eigenvalue weighted by atomic mass is 16.5. The van der Waals surface area contributed by atoms with Crippen LogP contribution < -0.4 is 0 Å². The van der Waals surface area contributed by atoms with Crippen molar-refractivity contribution in [3.8, 4) is 0 Å². The topological polar surface area (TPSA) is 39.2 Å². The van der Waals surface area contributed by atoms with E-state index >= 15 is 0 Å². The van der Waals surface area contributed by atoms with Crippen molar-refractivity contribution < 1.29 is 9.53 Å². The molecule has 3 rings (SSSR count). The van der Waals surface area contributed by atoms with Gasteiger partial charge < -0.3 is 4.74 Å². The first kappa shape index (κ1) is 13.1. The summed E-state index contributed by atoms with van der Waals surface area (Å²) in [6.07, 6.45) is 5.63. The summed E-state index contributed by atoms with van der Waals surface area (Å²) in [6, 6.07) is 8.40. The van der Waals surface area contributed by atoms with Crippen LogP contribution in [-0.4, -0.2) is 18.1 Å². The van der Waals surface area contributed by atoms with Crippen molar-refractivity contribution in [1.29, 1.82) is 0 Å². The van der Waals surface area contributed by atoms with Crippen LogP contribution in [0.25, 0.3) is 10.9 Å². The van der Waals surface area contributed by atoms with E-state index in [0.717, 1.165) is 42.1 Å². The molecule has 20 heavy (non-hydrogen) atoms. The van der Waals surface area contributed by atoms with E-state index in [0.29, 0.717) is 0 Å². The van der Waals surface area contributed by atoms with Crippen molar-refractivity contribution in [2.24, 2.45) is 5.41 Å². The van der Waals surface area contributed by atoms with Crippen molar-refractivity contribution in [3.63, 3.8) is 0 Å². The summed E-state index contributed by atoms with van der Waals surface area (Å²) in [5.74, 6) is -0.0637. The predicted molar refractivity (Wildman–Crippen MR) is 78.5 cm³/mol. The number of carbonyl (C=O) groups excluding carboxylic acids is 1. The number of aryl methyl sites for hydroxylation is 1. The summed E-state index contributed by atoms with van der Waals surface area (Å²) in [4.78, 5) is 16.4. The zero-order valence-electron chi connectivity index (χ0n) is 12.0. The Hall–Kier alpha value is -1.90. The molecule has 1 heterocycles. The number of pyridine rings is 1. The number of hydrogen-bond acceptors (Lipinski definition) is 3. The Kier molecular flexibility index (Phi) is 3.20. The van der Waals surface area contributed by atoms with Gasteiger partial charge in [-0.25, -0.2) is 0 Å². The van der Waals surface area contributed by atoms with Gasteiger partial charge in [-0.05, 0) is 55.5 Å². The molecule has 0 N–H and O–H groups in total. The zero-order valence-corrected chi connectivity index (χ0v) is 12.0. The lowest BCUT2D eigenvalue weighted by Gasteiger charge is -2.39. The van der Waals surface area contributed by atoms with E-state index in [2.05, 4.69) is 23.2 Å². The van der Waals surface area contributed by atoms with Gasteiger partial charge in [0.15, 0.2) is 0 Å². The second-order valence-corrected chi connectivity index (χ2v) is 5.84. The summed E-state index contributed by atoms with van der Waals surface area (Å²) in [5.41, 5.74) is 3.05. The number of hydrogen-bond donors (Lipinski definition) is 0. The van der Waals surface area contributed by atoms with E-state index in [1.807, 2.05) is 19.2 Å². The number of aromatic nitrogens is 1. The molecule has 0 saturated heterocycles. The molecular weight excluding hydrogens is 250 g/mol. The number of methoxy groups -OCH3 is 1. The maximum Gasteiger partial charge on any atom is 0.312 e. The number of ether oxygens (including phenoxy) is 1. The highest BCUT2D eigenvalue weighted by Crippen LogP contribution is 2.44. The molecule has 0 aliphatic heterocycles. The van der Waals surface area contributed by atoms with Gasteiger partial charge in [0, 0.05) is 11.6 Å². The van der Waals surface area contributed by atoms with E-state index < -0.39 is 0 Å². The van der Waals surface area contributed by atoms with Crippen LogP contribution in [0.4, 0.5) is 0 Å². The van der Waals surface area contributed by atoms with Gasteiger partial charge in [-0.15, -0.1) is 0 Å². The smallest absolute Gasteiger partial charge is 0.312 e. The average Bonchev–Trinajstić information content (AvgIpc) is 2.41. The molecule has 1 saturated carbocycles. The first-order valence-corrected chi connectivity index (χ1v) is 7.07. The third-order valence-corrected chi connectivity index (χ3v) is 4.35. The molecule has 1 fully saturated rings. The van der Waals surface area contributed by atoms with Crippen molar-refractivity contribution in [1.82, 2.24) is 4.98 Å². The Morgan fingerprint density at radius 3 is 2.80 bits per heavy atom. The Balaban J connectivity index is 1.92. The fourth-order valence-corrected chi connectivity index (χ4v) is 3.06. The molecule has 0 atom stereocenters. The van der Waals surface area contributed by atoms with Crippen molar-refractivity contribution in [2.45, 2.75) is 32.6 Å². The maximum atomic E-state index is 12.0. The van der Waals surface area contributed by atoms with Crippen molar-refractivity contribution >= 4 is 16.9 Å². The Bertz CT molecular complexity index is 659. The molecule has 3 nitrogen and oxygen atoms in total. The maximum absolute atomic E-state index is 12.0. The Morgan fingerprint density at radius 2 is 2.15 bits per heavy atom. The molecule has 1 aliphatic carbocycles. The summed E-state index contributed by atoms with van der Waals surface area (Å²) < 4.78 is 4.99. The fourth-order valence-electron chi connectivity index (χ4n) is 3.06. The Labute approximate surface area is 119 Å². The highest BCUT2D eigenvalue weighted by molar-refractivity contribution is 5.81. The van der Waals surface area contributed by atoms with Crippen LogP contribution in [-0.2, 0) is 16.0 Å². The minimum absolute atomic E-state index is 0.0637. The second kappa shape index (κ2) is 4.89. The van der Waals surface area contributed by atoms with E-state index in [1.165, 1.54) is 12.7 Å². The quantitative estimate of drug-likeness (QED) is 0.801. The molecule has 0 unspecified atom stereocenters. The van der Waals surface area contributed by atoms with Gasteiger partial charge in [-0.1, -0.05) is 12.5 Å².